The molecular formula is C25H15Br2NO. The van der Waals surface area contributed by atoms with Crippen molar-refractivity contribution in [3.63, 3.8) is 0 Å². The van der Waals surface area contributed by atoms with Gasteiger partial charge in [0.1, 0.15) is 11.5 Å². The maximum absolute atomic E-state index is 6.35. The zero-order chi connectivity index (χ0) is 19.6. The van der Waals surface area contributed by atoms with Gasteiger partial charge in [0.15, 0.2) is 0 Å². The smallest absolute Gasteiger partial charge is 0.132 e. The van der Waals surface area contributed by atoms with Gasteiger partial charge in [0.05, 0.1) is 5.41 Å². The molecule has 0 fully saturated rings. The molecule has 2 nitrogen and oxygen atoms in total. The third-order valence-electron chi connectivity index (χ3n) is 5.84. The van der Waals surface area contributed by atoms with Gasteiger partial charge < -0.3 is 10.1 Å². The largest absolute Gasteiger partial charge is 0.457 e. The molecule has 4 aromatic carbocycles. The number of hydrogen-bond donors (Lipinski definition) is 1. The van der Waals surface area contributed by atoms with E-state index in [-0.39, 0.29) is 0 Å². The predicted molar refractivity (Wildman–Crippen MR) is 124 cm³/mol. The molecule has 1 spiro atoms. The van der Waals surface area contributed by atoms with Gasteiger partial charge >= 0.3 is 0 Å². The summed E-state index contributed by atoms with van der Waals surface area (Å²) in [5.41, 5.74) is 6.46. The summed E-state index contributed by atoms with van der Waals surface area (Å²) in [4.78, 5) is 0. The average Bonchev–Trinajstić information content (AvgIpc) is 2.74. The standard InChI is InChI=1S/C25H15Br2NO/c26-15-9-11-21-19(13-15)25(20-14-16(27)10-12-22(20)28-21)17-5-1-3-7-23(17)29-24-8-4-2-6-18(24)25/h1-14,28H. The summed E-state index contributed by atoms with van der Waals surface area (Å²) in [5, 5.41) is 3.65. The second kappa shape index (κ2) is 6.22. The van der Waals surface area contributed by atoms with Crippen LogP contribution in [-0.2, 0) is 5.41 Å². The number of nitrogens with one attached hydrogen (secondary N) is 1. The molecule has 4 heteroatoms. The van der Waals surface area contributed by atoms with Gasteiger partial charge in [0.25, 0.3) is 0 Å². The number of hydrogen-bond acceptors (Lipinski definition) is 2. The fourth-order valence-electron chi connectivity index (χ4n) is 4.74. The SMILES string of the molecule is Brc1ccc2c(c1)C1(c3cc(Br)ccc3N2)c2ccccc2Oc2ccccc21. The number of para-hydroxylation sites is 2. The van der Waals surface area contributed by atoms with E-state index in [0.29, 0.717) is 0 Å². The Morgan fingerprint density at radius 3 is 1.59 bits per heavy atom. The van der Waals surface area contributed by atoms with Crippen molar-refractivity contribution >= 4 is 43.2 Å². The van der Waals surface area contributed by atoms with Crippen LogP contribution in [0.5, 0.6) is 11.5 Å². The van der Waals surface area contributed by atoms with Gasteiger partial charge in [-0.15, -0.1) is 0 Å². The van der Waals surface area contributed by atoms with Crippen molar-refractivity contribution in [2.24, 2.45) is 0 Å². The highest BCUT2D eigenvalue weighted by Gasteiger charge is 2.49. The highest BCUT2D eigenvalue weighted by Crippen LogP contribution is 2.60. The van der Waals surface area contributed by atoms with Crippen LogP contribution in [0.1, 0.15) is 22.3 Å². The van der Waals surface area contributed by atoms with Gasteiger partial charge in [0, 0.05) is 31.4 Å². The molecule has 0 atom stereocenters. The van der Waals surface area contributed by atoms with Crippen molar-refractivity contribution in [1.29, 1.82) is 0 Å². The summed E-state index contributed by atoms with van der Waals surface area (Å²) in [7, 11) is 0. The first kappa shape index (κ1) is 17.3. The second-order valence-corrected chi connectivity index (χ2v) is 9.18. The Kier molecular flexibility index (Phi) is 3.71. The van der Waals surface area contributed by atoms with Crippen LogP contribution < -0.4 is 10.1 Å². The van der Waals surface area contributed by atoms with Gasteiger partial charge in [0.2, 0.25) is 0 Å². The number of benzene rings is 4. The van der Waals surface area contributed by atoms with Gasteiger partial charge in [-0.1, -0.05) is 68.3 Å². The molecular weight excluding hydrogens is 490 g/mol. The lowest BCUT2D eigenvalue weighted by molar-refractivity contribution is 0.434. The molecule has 29 heavy (non-hydrogen) atoms. The van der Waals surface area contributed by atoms with Crippen molar-refractivity contribution in [1.82, 2.24) is 0 Å². The fraction of sp³-hybridized carbons (Fsp3) is 0.0400. The van der Waals surface area contributed by atoms with E-state index in [1.807, 2.05) is 12.1 Å². The highest BCUT2D eigenvalue weighted by molar-refractivity contribution is 9.10. The van der Waals surface area contributed by atoms with Crippen molar-refractivity contribution in [3.8, 4) is 11.5 Å². The molecule has 0 aliphatic carbocycles. The van der Waals surface area contributed by atoms with Gasteiger partial charge in [-0.25, -0.2) is 0 Å². The first-order valence-electron chi connectivity index (χ1n) is 9.42. The number of ether oxygens (including phenoxy) is 1. The average molecular weight is 505 g/mol. The maximum atomic E-state index is 6.35. The second-order valence-electron chi connectivity index (χ2n) is 7.35. The van der Waals surface area contributed by atoms with Crippen LogP contribution in [-0.4, -0.2) is 0 Å². The first-order valence-corrected chi connectivity index (χ1v) is 11.0. The number of anilines is 2. The zero-order valence-electron chi connectivity index (χ0n) is 15.2. The van der Waals surface area contributed by atoms with E-state index < -0.39 is 5.41 Å². The predicted octanol–water partition coefficient (Wildman–Crippen LogP) is 7.76. The summed E-state index contributed by atoms with van der Waals surface area (Å²) in [6, 6.07) is 29.7. The Hall–Kier alpha value is -2.56. The number of rotatable bonds is 0. The summed E-state index contributed by atoms with van der Waals surface area (Å²) in [6.07, 6.45) is 0. The molecule has 0 amide bonds. The lowest BCUT2D eigenvalue weighted by Crippen LogP contribution is -2.37. The molecule has 2 aliphatic rings. The molecule has 0 unspecified atom stereocenters. The Morgan fingerprint density at radius 1 is 0.586 bits per heavy atom. The minimum atomic E-state index is -0.477. The third-order valence-corrected chi connectivity index (χ3v) is 6.83. The molecule has 0 saturated carbocycles. The summed E-state index contributed by atoms with van der Waals surface area (Å²) in [6.45, 7) is 0. The van der Waals surface area contributed by atoms with E-state index in [2.05, 4.69) is 110 Å². The number of halogens is 2. The molecule has 4 aromatic rings. The van der Waals surface area contributed by atoms with E-state index in [1.165, 1.54) is 11.1 Å². The van der Waals surface area contributed by atoms with E-state index in [4.69, 9.17) is 4.74 Å². The lowest BCUT2D eigenvalue weighted by atomic mass is 9.61. The quantitative estimate of drug-likeness (QED) is 0.228. The Balaban J connectivity index is 1.86. The maximum Gasteiger partial charge on any atom is 0.132 e. The van der Waals surface area contributed by atoms with Crippen molar-refractivity contribution in [3.05, 3.63) is 116 Å². The normalized spacial score (nSPS) is 14.7. The molecule has 1 N–H and O–H groups in total. The third kappa shape index (κ3) is 2.33. The minimum Gasteiger partial charge on any atom is -0.457 e. The molecule has 140 valence electrons. The molecule has 0 saturated heterocycles. The van der Waals surface area contributed by atoms with Crippen LogP contribution >= 0.6 is 31.9 Å². The summed E-state index contributed by atoms with van der Waals surface area (Å²) < 4.78 is 8.46. The summed E-state index contributed by atoms with van der Waals surface area (Å²) in [5.74, 6) is 1.79. The van der Waals surface area contributed by atoms with Crippen LogP contribution in [0.2, 0.25) is 0 Å². The van der Waals surface area contributed by atoms with Gasteiger partial charge in [-0.05, 0) is 59.7 Å². The molecule has 0 bridgehead atoms. The van der Waals surface area contributed by atoms with E-state index >= 15 is 0 Å². The van der Waals surface area contributed by atoms with E-state index in [9.17, 15) is 0 Å². The molecule has 2 heterocycles. The number of fused-ring (bicyclic) bond motifs is 8. The Morgan fingerprint density at radius 2 is 1.07 bits per heavy atom. The van der Waals surface area contributed by atoms with Crippen molar-refractivity contribution in [2.45, 2.75) is 5.41 Å². The first-order chi connectivity index (χ1) is 14.2. The van der Waals surface area contributed by atoms with Crippen molar-refractivity contribution in [2.75, 3.05) is 5.32 Å². The summed E-state index contributed by atoms with van der Waals surface area (Å²) >= 11 is 7.41. The molecule has 6 rings (SSSR count). The van der Waals surface area contributed by atoms with Crippen LogP contribution in [0.25, 0.3) is 0 Å². The molecule has 2 aliphatic heterocycles. The topological polar surface area (TPSA) is 21.3 Å². The Bertz CT molecular complexity index is 1200. The van der Waals surface area contributed by atoms with Crippen LogP contribution in [0.4, 0.5) is 11.4 Å². The zero-order valence-corrected chi connectivity index (χ0v) is 18.4. The monoisotopic (exact) mass is 503 g/mol. The van der Waals surface area contributed by atoms with E-state index in [0.717, 1.165) is 42.9 Å². The fourth-order valence-corrected chi connectivity index (χ4v) is 5.46. The lowest BCUT2D eigenvalue weighted by Gasteiger charge is -2.45. The van der Waals surface area contributed by atoms with Gasteiger partial charge in [-0.2, -0.15) is 0 Å². The van der Waals surface area contributed by atoms with Crippen LogP contribution in [0.15, 0.2) is 93.9 Å². The molecule has 0 radical (unpaired) electrons. The minimum absolute atomic E-state index is 0.477. The van der Waals surface area contributed by atoms with Crippen LogP contribution in [0.3, 0.4) is 0 Å². The van der Waals surface area contributed by atoms with Crippen LogP contribution in [0, 0.1) is 0 Å². The van der Waals surface area contributed by atoms with Crippen molar-refractivity contribution < 1.29 is 4.74 Å². The van der Waals surface area contributed by atoms with Gasteiger partial charge in [-0.3, -0.25) is 0 Å². The molecule has 0 aromatic heterocycles. The highest BCUT2D eigenvalue weighted by atomic mass is 79.9. The van der Waals surface area contributed by atoms with E-state index in [1.54, 1.807) is 0 Å². The Labute approximate surface area is 185 Å².